The van der Waals surface area contributed by atoms with Gasteiger partial charge in [-0.2, -0.15) is 5.10 Å². The third-order valence-corrected chi connectivity index (χ3v) is 4.19. The van der Waals surface area contributed by atoms with Crippen molar-refractivity contribution in [2.24, 2.45) is 0 Å². The highest BCUT2D eigenvalue weighted by molar-refractivity contribution is 9.10. The highest BCUT2D eigenvalue weighted by Crippen LogP contribution is 2.24. The third kappa shape index (κ3) is 3.22. The number of hydrogen-bond donors (Lipinski definition) is 1. The standard InChI is InChI=1S/C15H20BrN3O/c1-4-19-13(15(16)11(2)18-19)10-20-14-8-6-5-7-12(14)9-17-3/h5-8,17H,4,9-10H2,1-3H3. The average Bonchev–Trinajstić information content (AvgIpc) is 2.74. The molecule has 0 unspecified atom stereocenters. The maximum absolute atomic E-state index is 5.98. The first-order chi connectivity index (χ1) is 9.67. The van der Waals surface area contributed by atoms with Crippen LogP contribution < -0.4 is 10.1 Å². The minimum Gasteiger partial charge on any atom is -0.487 e. The molecule has 0 radical (unpaired) electrons. The van der Waals surface area contributed by atoms with E-state index in [9.17, 15) is 0 Å². The van der Waals surface area contributed by atoms with Crippen LogP contribution in [0.5, 0.6) is 5.75 Å². The van der Waals surface area contributed by atoms with Crippen LogP contribution in [0.15, 0.2) is 28.7 Å². The molecule has 0 amide bonds. The number of hydrogen-bond acceptors (Lipinski definition) is 3. The molecule has 1 heterocycles. The normalized spacial score (nSPS) is 10.8. The monoisotopic (exact) mass is 337 g/mol. The minimum absolute atomic E-state index is 0.510. The summed E-state index contributed by atoms with van der Waals surface area (Å²) < 4.78 is 8.99. The Morgan fingerprint density at radius 1 is 1.35 bits per heavy atom. The maximum atomic E-state index is 5.98. The molecular weight excluding hydrogens is 318 g/mol. The van der Waals surface area contributed by atoms with E-state index >= 15 is 0 Å². The van der Waals surface area contributed by atoms with Crippen molar-refractivity contribution < 1.29 is 4.74 Å². The van der Waals surface area contributed by atoms with Gasteiger partial charge in [-0.25, -0.2) is 0 Å². The molecule has 2 rings (SSSR count). The number of ether oxygens (including phenoxy) is 1. The molecule has 0 aliphatic carbocycles. The van der Waals surface area contributed by atoms with Crippen LogP contribution >= 0.6 is 15.9 Å². The molecule has 2 aromatic rings. The second-order valence-corrected chi connectivity index (χ2v) is 5.38. The van der Waals surface area contributed by atoms with E-state index in [0.717, 1.165) is 40.3 Å². The van der Waals surface area contributed by atoms with Gasteiger partial charge in [0.2, 0.25) is 0 Å². The molecule has 4 nitrogen and oxygen atoms in total. The van der Waals surface area contributed by atoms with E-state index in [-0.39, 0.29) is 0 Å². The van der Waals surface area contributed by atoms with Crippen LogP contribution in [0.3, 0.4) is 0 Å². The largest absolute Gasteiger partial charge is 0.487 e. The van der Waals surface area contributed by atoms with Crippen LogP contribution in [0.1, 0.15) is 23.9 Å². The van der Waals surface area contributed by atoms with Crippen LogP contribution in [0.25, 0.3) is 0 Å². The molecule has 1 aromatic carbocycles. The average molecular weight is 338 g/mol. The molecule has 0 fully saturated rings. The summed E-state index contributed by atoms with van der Waals surface area (Å²) in [5, 5.41) is 7.63. The van der Waals surface area contributed by atoms with Crippen molar-refractivity contribution in [1.29, 1.82) is 0 Å². The summed E-state index contributed by atoms with van der Waals surface area (Å²) in [6.07, 6.45) is 0. The van der Waals surface area contributed by atoms with Gasteiger partial charge in [0.15, 0.2) is 0 Å². The first-order valence-corrected chi connectivity index (χ1v) is 7.53. The Kier molecular flexibility index (Phi) is 5.20. The highest BCUT2D eigenvalue weighted by Gasteiger charge is 2.13. The van der Waals surface area contributed by atoms with Crippen LogP contribution in [0, 0.1) is 6.92 Å². The zero-order chi connectivity index (χ0) is 14.5. The molecule has 1 aromatic heterocycles. The summed E-state index contributed by atoms with van der Waals surface area (Å²) in [7, 11) is 1.93. The molecule has 0 aliphatic rings. The lowest BCUT2D eigenvalue weighted by Crippen LogP contribution is -2.10. The number of para-hydroxylation sites is 1. The van der Waals surface area contributed by atoms with Crippen LogP contribution in [0.2, 0.25) is 0 Å². The zero-order valence-corrected chi connectivity index (χ0v) is 13.7. The molecule has 0 saturated heterocycles. The van der Waals surface area contributed by atoms with Gasteiger partial charge in [0.25, 0.3) is 0 Å². The predicted octanol–water partition coefficient (Wildman–Crippen LogP) is 3.27. The van der Waals surface area contributed by atoms with E-state index in [4.69, 9.17) is 4.74 Å². The summed E-state index contributed by atoms with van der Waals surface area (Å²) in [4.78, 5) is 0. The van der Waals surface area contributed by atoms with E-state index in [1.807, 2.05) is 36.9 Å². The summed E-state index contributed by atoms with van der Waals surface area (Å²) in [6.45, 7) is 6.22. The third-order valence-electron chi connectivity index (χ3n) is 3.16. The van der Waals surface area contributed by atoms with E-state index in [0.29, 0.717) is 6.61 Å². The van der Waals surface area contributed by atoms with Gasteiger partial charge < -0.3 is 10.1 Å². The number of benzene rings is 1. The van der Waals surface area contributed by atoms with Crippen molar-refractivity contribution in [3.63, 3.8) is 0 Å². The lowest BCUT2D eigenvalue weighted by Gasteiger charge is -2.12. The van der Waals surface area contributed by atoms with Gasteiger partial charge in [0, 0.05) is 18.7 Å². The number of aryl methyl sites for hydroxylation is 2. The lowest BCUT2D eigenvalue weighted by atomic mass is 10.2. The van der Waals surface area contributed by atoms with Gasteiger partial charge in [-0.3, -0.25) is 4.68 Å². The lowest BCUT2D eigenvalue weighted by molar-refractivity contribution is 0.288. The summed E-state index contributed by atoms with van der Waals surface area (Å²) in [6, 6.07) is 8.09. The SMILES string of the molecule is CCn1nc(C)c(Br)c1COc1ccccc1CNC. The fourth-order valence-electron chi connectivity index (χ4n) is 2.13. The smallest absolute Gasteiger partial charge is 0.131 e. The Morgan fingerprint density at radius 2 is 2.10 bits per heavy atom. The highest BCUT2D eigenvalue weighted by atomic mass is 79.9. The predicted molar refractivity (Wildman–Crippen MR) is 83.9 cm³/mol. The number of nitrogens with one attached hydrogen (secondary N) is 1. The topological polar surface area (TPSA) is 39.1 Å². The molecule has 1 N–H and O–H groups in total. The van der Waals surface area contributed by atoms with Gasteiger partial charge in [-0.05, 0) is 42.9 Å². The molecule has 0 bridgehead atoms. The number of rotatable bonds is 6. The Labute approximate surface area is 128 Å². The molecule has 20 heavy (non-hydrogen) atoms. The van der Waals surface area contributed by atoms with E-state index in [1.165, 1.54) is 0 Å². The van der Waals surface area contributed by atoms with Gasteiger partial charge >= 0.3 is 0 Å². The van der Waals surface area contributed by atoms with Gasteiger partial charge in [0.1, 0.15) is 12.4 Å². The first kappa shape index (κ1) is 15.1. The second-order valence-electron chi connectivity index (χ2n) is 4.59. The van der Waals surface area contributed by atoms with Crippen molar-refractivity contribution in [2.45, 2.75) is 33.5 Å². The quantitative estimate of drug-likeness (QED) is 0.879. The molecule has 0 spiro atoms. The Morgan fingerprint density at radius 3 is 2.80 bits per heavy atom. The second kappa shape index (κ2) is 6.90. The fraction of sp³-hybridized carbons (Fsp3) is 0.400. The van der Waals surface area contributed by atoms with Crippen LogP contribution in [-0.4, -0.2) is 16.8 Å². The van der Waals surface area contributed by atoms with Crippen LogP contribution in [-0.2, 0) is 19.7 Å². The Bertz CT molecular complexity index is 580. The van der Waals surface area contributed by atoms with Crippen molar-refractivity contribution in [3.8, 4) is 5.75 Å². The zero-order valence-electron chi connectivity index (χ0n) is 12.1. The van der Waals surface area contributed by atoms with Crippen LogP contribution in [0.4, 0.5) is 0 Å². The Balaban J connectivity index is 2.17. The van der Waals surface area contributed by atoms with E-state index in [1.54, 1.807) is 0 Å². The summed E-state index contributed by atoms with van der Waals surface area (Å²) >= 11 is 3.59. The van der Waals surface area contributed by atoms with Gasteiger partial charge in [0.05, 0.1) is 15.9 Å². The molecular formula is C15H20BrN3O. The van der Waals surface area contributed by atoms with Crippen molar-refractivity contribution in [2.75, 3.05) is 7.05 Å². The van der Waals surface area contributed by atoms with Gasteiger partial charge in [-0.15, -0.1) is 0 Å². The van der Waals surface area contributed by atoms with E-state index < -0.39 is 0 Å². The van der Waals surface area contributed by atoms with E-state index in [2.05, 4.69) is 39.3 Å². The first-order valence-electron chi connectivity index (χ1n) is 6.74. The fourth-order valence-corrected chi connectivity index (χ4v) is 2.53. The molecule has 108 valence electrons. The molecule has 5 heteroatoms. The molecule has 0 atom stereocenters. The minimum atomic E-state index is 0.510. The van der Waals surface area contributed by atoms with Crippen molar-refractivity contribution in [1.82, 2.24) is 15.1 Å². The Hall–Kier alpha value is -1.33. The number of aromatic nitrogens is 2. The van der Waals surface area contributed by atoms with Crippen molar-refractivity contribution >= 4 is 15.9 Å². The molecule has 0 aliphatic heterocycles. The summed E-state index contributed by atoms with van der Waals surface area (Å²) in [5.74, 6) is 0.912. The van der Waals surface area contributed by atoms with Crippen molar-refractivity contribution in [3.05, 3.63) is 45.7 Å². The molecule has 0 saturated carbocycles. The number of nitrogens with zero attached hydrogens (tertiary/aromatic N) is 2. The summed E-state index contributed by atoms with van der Waals surface area (Å²) in [5.41, 5.74) is 3.23. The van der Waals surface area contributed by atoms with Gasteiger partial charge in [-0.1, -0.05) is 18.2 Å². The maximum Gasteiger partial charge on any atom is 0.131 e. The number of halogens is 1.